The minimum absolute atomic E-state index is 0. The van der Waals surface area contributed by atoms with Gasteiger partial charge in [0.2, 0.25) is 12.2 Å². The van der Waals surface area contributed by atoms with Gasteiger partial charge in [-0.3, -0.25) is 4.79 Å². The fourth-order valence-corrected chi connectivity index (χ4v) is 2.77. The van der Waals surface area contributed by atoms with Crippen molar-refractivity contribution in [2.75, 3.05) is 13.1 Å². The van der Waals surface area contributed by atoms with Crippen LogP contribution in [-0.2, 0) is 11.3 Å². The molecule has 1 aromatic heterocycles. The van der Waals surface area contributed by atoms with Crippen molar-refractivity contribution in [1.82, 2.24) is 19.7 Å². The van der Waals surface area contributed by atoms with Crippen LogP contribution in [0, 0.1) is 10.1 Å². The number of hydrogen-bond acceptors (Lipinski definition) is 6. The molecule has 0 bridgehead atoms. The fourth-order valence-electron chi connectivity index (χ4n) is 2.77. The molecule has 1 amide bonds. The Morgan fingerprint density at radius 3 is 2.67 bits per heavy atom. The van der Waals surface area contributed by atoms with Crippen LogP contribution in [0.4, 0.5) is 5.95 Å². The van der Waals surface area contributed by atoms with E-state index in [0.29, 0.717) is 13.1 Å². The third-order valence-electron chi connectivity index (χ3n) is 3.93. The van der Waals surface area contributed by atoms with Crippen LogP contribution < -0.4 is 5.73 Å². The van der Waals surface area contributed by atoms with Gasteiger partial charge < -0.3 is 20.7 Å². The molecular formula is C14H17ClN6O3. The number of amides is 1. The number of likely N-dealkylation sites (tertiary alicyclic amines) is 1. The van der Waals surface area contributed by atoms with Crippen molar-refractivity contribution in [1.29, 1.82) is 0 Å². The molecule has 0 saturated carbocycles. The average molecular weight is 353 g/mol. The second-order valence-corrected chi connectivity index (χ2v) is 5.48. The van der Waals surface area contributed by atoms with E-state index in [4.69, 9.17) is 5.73 Å². The molecule has 0 aliphatic carbocycles. The monoisotopic (exact) mass is 352 g/mol. The van der Waals surface area contributed by atoms with E-state index in [1.54, 1.807) is 4.90 Å². The Bertz CT molecular complexity index is 722. The van der Waals surface area contributed by atoms with Gasteiger partial charge in [0.25, 0.3) is 0 Å². The summed E-state index contributed by atoms with van der Waals surface area (Å²) in [4.78, 5) is 27.4. The van der Waals surface area contributed by atoms with Gasteiger partial charge >= 0.3 is 5.95 Å². The number of halogens is 1. The topological polar surface area (TPSA) is 120 Å². The Hall–Kier alpha value is -2.52. The van der Waals surface area contributed by atoms with Crippen LogP contribution >= 0.6 is 12.4 Å². The molecule has 0 unspecified atom stereocenters. The molecule has 0 radical (unpaired) electrons. The summed E-state index contributed by atoms with van der Waals surface area (Å²) < 4.78 is 1.17. The van der Waals surface area contributed by atoms with Crippen molar-refractivity contribution in [2.24, 2.45) is 5.73 Å². The molecule has 10 heteroatoms. The predicted molar refractivity (Wildman–Crippen MR) is 87.7 cm³/mol. The molecule has 1 aromatic carbocycles. The molecule has 9 nitrogen and oxygen atoms in total. The minimum Gasteiger partial charge on any atom is -0.390 e. The summed E-state index contributed by atoms with van der Waals surface area (Å²) in [5, 5.41) is 14.2. The number of benzene rings is 1. The van der Waals surface area contributed by atoms with Gasteiger partial charge in [0, 0.05) is 30.1 Å². The maximum absolute atomic E-state index is 12.3. The average Bonchev–Trinajstić information content (AvgIpc) is 3.15. The predicted octanol–water partition coefficient (Wildman–Crippen LogP) is 0.561. The zero-order chi connectivity index (χ0) is 16.4. The number of aromatic nitrogens is 3. The maximum Gasteiger partial charge on any atom is 0.490 e. The first kappa shape index (κ1) is 17.8. The van der Waals surface area contributed by atoms with Crippen LogP contribution in [0.1, 0.15) is 11.5 Å². The van der Waals surface area contributed by atoms with Gasteiger partial charge in [0.15, 0.2) is 0 Å². The lowest BCUT2D eigenvalue weighted by atomic mass is 9.95. The lowest BCUT2D eigenvalue weighted by molar-refractivity contribution is -0.394. The summed E-state index contributed by atoms with van der Waals surface area (Å²) in [6.45, 7) is 0.894. The number of rotatable bonds is 4. The van der Waals surface area contributed by atoms with Gasteiger partial charge in [-0.15, -0.1) is 12.4 Å². The van der Waals surface area contributed by atoms with Crippen molar-refractivity contribution < 1.29 is 9.72 Å². The van der Waals surface area contributed by atoms with E-state index in [1.165, 1.54) is 11.0 Å². The Balaban J connectivity index is 0.00000208. The van der Waals surface area contributed by atoms with Crippen LogP contribution in [0.3, 0.4) is 0 Å². The molecule has 1 aliphatic rings. The van der Waals surface area contributed by atoms with E-state index in [9.17, 15) is 14.9 Å². The third-order valence-corrected chi connectivity index (χ3v) is 3.93. The standard InChI is InChI=1S/C14H16N6O3.ClH/c15-12-7-18(6-11(12)10-4-2-1-3-5-10)13(21)8-19-9-16-14(17-19)20(22)23;/h1-5,9,11-12H,6-8,15H2;1H/t11-,12+;/m0./s1. The number of carbonyl (C=O) groups excluding carboxylic acids is 1. The third kappa shape index (κ3) is 3.69. The largest absolute Gasteiger partial charge is 0.490 e. The van der Waals surface area contributed by atoms with Gasteiger partial charge in [0.05, 0.1) is 0 Å². The number of nitrogens with two attached hydrogens (primary N) is 1. The van der Waals surface area contributed by atoms with E-state index >= 15 is 0 Å². The molecule has 2 atom stereocenters. The molecule has 24 heavy (non-hydrogen) atoms. The van der Waals surface area contributed by atoms with Gasteiger partial charge in [0.1, 0.15) is 6.54 Å². The Kier molecular flexibility index (Phi) is 5.47. The summed E-state index contributed by atoms with van der Waals surface area (Å²) >= 11 is 0. The van der Waals surface area contributed by atoms with E-state index in [2.05, 4.69) is 10.1 Å². The van der Waals surface area contributed by atoms with Crippen molar-refractivity contribution in [3.63, 3.8) is 0 Å². The molecule has 128 valence electrons. The highest BCUT2D eigenvalue weighted by atomic mass is 35.5. The van der Waals surface area contributed by atoms with Gasteiger partial charge in [-0.2, -0.15) is 4.68 Å². The highest BCUT2D eigenvalue weighted by Crippen LogP contribution is 2.26. The summed E-state index contributed by atoms with van der Waals surface area (Å²) in [5.74, 6) is -0.609. The highest BCUT2D eigenvalue weighted by molar-refractivity contribution is 5.85. The van der Waals surface area contributed by atoms with Crippen molar-refractivity contribution >= 4 is 24.3 Å². The summed E-state index contributed by atoms with van der Waals surface area (Å²) in [6.07, 6.45) is 1.18. The Morgan fingerprint density at radius 1 is 1.33 bits per heavy atom. The lowest BCUT2D eigenvalue weighted by Crippen LogP contribution is -2.34. The normalized spacial score (nSPS) is 19.8. The molecule has 2 aromatic rings. The zero-order valence-corrected chi connectivity index (χ0v) is 13.5. The lowest BCUT2D eigenvalue weighted by Gasteiger charge is -2.15. The Morgan fingerprint density at radius 2 is 2.04 bits per heavy atom. The van der Waals surface area contributed by atoms with E-state index in [-0.39, 0.29) is 36.8 Å². The van der Waals surface area contributed by atoms with E-state index in [0.717, 1.165) is 5.56 Å². The SMILES string of the molecule is Cl.N[C@@H]1CN(C(=O)Cn2cnc([N+](=O)[O-])n2)C[C@H]1c1ccccc1. The van der Waals surface area contributed by atoms with E-state index in [1.807, 2.05) is 30.3 Å². The number of nitrogens with zero attached hydrogens (tertiary/aromatic N) is 5. The van der Waals surface area contributed by atoms with Crippen LogP contribution in [0.5, 0.6) is 0 Å². The second-order valence-electron chi connectivity index (χ2n) is 5.48. The minimum atomic E-state index is -0.696. The van der Waals surface area contributed by atoms with Crippen molar-refractivity contribution in [2.45, 2.75) is 18.5 Å². The fraction of sp³-hybridized carbons (Fsp3) is 0.357. The summed E-state index contributed by atoms with van der Waals surface area (Å²) in [5.41, 5.74) is 7.26. The molecule has 3 rings (SSSR count). The molecule has 0 spiro atoms. The molecule has 2 heterocycles. The number of nitro groups is 1. The maximum atomic E-state index is 12.3. The van der Waals surface area contributed by atoms with E-state index < -0.39 is 10.9 Å². The van der Waals surface area contributed by atoms with Crippen LogP contribution in [0.15, 0.2) is 36.7 Å². The van der Waals surface area contributed by atoms with Crippen LogP contribution in [0.25, 0.3) is 0 Å². The number of carbonyl (C=O) groups is 1. The van der Waals surface area contributed by atoms with Crippen molar-refractivity contribution in [3.05, 3.63) is 52.3 Å². The van der Waals surface area contributed by atoms with Gasteiger partial charge in [-0.05, 0) is 10.5 Å². The first-order valence-electron chi connectivity index (χ1n) is 7.16. The first-order valence-corrected chi connectivity index (χ1v) is 7.16. The highest BCUT2D eigenvalue weighted by Gasteiger charge is 2.34. The quantitative estimate of drug-likeness (QED) is 0.634. The van der Waals surface area contributed by atoms with Crippen molar-refractivity contribution in [3.8, 4) is 0 Å². The first-order chi connectivity index (χ1) is 11.0. The Labute approximate surface area is 144 Å². The molecule has 1 fully saturated rings. The zero-order valence-electron chi connectivity index (χ0n) is 12.7. The van der Waals surface area contributed by atoms with Crippen LogP contribution in [0.2, 0.25) is 0 Å². The summed E-state index contributed by atoms with van der Waals surface area (Å²) in [6, 6.07) is 9.69. The molecule has 2 N–H and O–H groups in total. The van der Waals surface area contributed by atoms with Gasteiger partial charge in [-0.1, -0.05) is 35.3 Å². The number of hydrogen-bond donors (Lipinski definition) is 1. The smallest absolute Gasteiger partial charge is 0.390 e. The van der Waals surface area contributed by atoms with Crippen LogP contribution in [-0.4, -0.2) is 49.6 Å². The summed E-state index contributed by atoms with van der Waals surface area (Å²) in [7, 11) is 0. The second kappa shape index (κ2) is 7.37. The molecule has 1 saturated heterocycles. The van der Waals surface area contributed by atoms with Gasteiger partial charge in [-0.25, -0.2) is 0 Å². The molecule has 1 aliphatic heterocycles. The molecular weight excluding hydrogens is 336 g/mol.